The van der Waals surface area contributed by atoms with Gasteiger partial charge < -0.3 is 14.8 Å². The van der Waals surface area contributed by atoms with Gasteiger partial charge >= 0.3 is 0 Å². The van der Waals surface area contributed by atoms with Crippen LogP contribution in [0.5, 0.6) is 11.5 Å². The fraction of sp³-hybridized carbons (Fsp3) is 0.538. The summed E-state index contributed by atoms with van der Waals surface area (Å²) in [6.45, 7) is 5.14. The number of ether oxygens (including phenoxy) is 2. The SMILES string of the molecule is CCC(C)NCc1cccc(OC)c1OC. The monoisotopic (exact) mass is 223 g/mol. The zero-order valence-corrected chi connectivity index (χ0v) is 10.5. The molecule has 0 spiro atoms. The van der Waals surface area contributed by atoms with Crippen LogP contribution in [0.2, 0.25) is 0 Å². The molecule has 1 unspecified atom stereocenters. The summed E-state index contributed by atoms with van der Waals surface area (Å²) >= 11 is 0. The third-order valence-electron chi connectivity index (χ3n) is 2.74. The summed E-state index contributed by atoms with van der Waals surface area (Å²) in [6, 6.07) is 6.45. The molecule has 1 aromatic rings. The van der Waals surface area contributed by atoms with Crippen molar-refractivity contribution in [1.82, 2.24) is 5.32 Å². The zero-order valence-electron chi connectivity index (χ0n) is 10.5. The van der Waals surface area contributed by atoms with Crippen LogP contribution in [0.3, 0.4) is 0 Å². The van der Waals surface area contributed by atoms with Crippen LogP contribution in [0.4, 0.5) is 0 Å². The van der Waals surface area contributed by atoms with Gasteiger partial charge in [0.25, 0.3) is 0 Å². The van der Waals surface area contributed by atoms with Crippen LogP contribution < -0.4 is 14.8 Å². The maximum absolute atomic E-state index is 5.37. The molecule has 90 valence electrons. The summed E-state index contributed by atoms with van der Waals surface area (Å²) in [7, 11) is 3.33. The first-order valence-electron chi connectivity index (χ1n) is 5.66. The summed E-state index contributed by atoms with van der Waals surface area (Å²) in [4.78, 5) is 0. The third-order valence-corrected chi connectivity index (χ3v) is 2.74. The Kier molecular flexibility index (Phi) is 5.12. The minimum Gasteiger partial charge on any atom is -0.493 e. The van der Waals surface area contributed by atoms with Crippen LogP contribution >= 0.6 is 0 Å². The second-order valence-corrected chi connectivity index (χ2v) is 3.84. The Morgan fingerprint density at radius 1 is 1.25 bits per heavy atom. The van der Waals surface area contributed by atoms with Gasteiger partial charge in [0, 0.05) is 18.2 Å². The predicted molar refractivity (Wildman–Crippen MR) is 66.1 cm³/mol. The van der Waals surface area contributed by atoms with E-state index in [9.17, 15) is 0 Å². The van der Waals surface area contributed by atoms with E-state index in [1.165, 1.54) is 0 Å². The largest absolute Gasteiger partial charge is 0.493 e. The Bertz CT molecular complexity index is 326. The van der Waals surface area contributed by atoms with E-state index in [2.05, 4.69) is 25.2 Å². The van der Waals surface area contributed by atoms with Crippen LogP contribution in [0.1, 0.15) is 25.8 Å². The normalized spacial score (nSPS) is 12.2. The topological polar surface area (TPSA) is 30.5 Å². The molecule has 0 aliphatic carbocycles. The highest BCUT2D eigenvalue weighted by Crippen LogP contribution is 2.30. The van der Waals surface area contributed by atoms with Gasteiger partial charge in [-0.15, -0.1) is 0 Å². The number of methoxy groups -OCH3 is 2. The van der Waals surface area contributed by atoms with Crippen molar-refractivity contribution in [2.45, 2.75) is 32.9 Å². The van der Waals surface area contributed by atoms with Crippen LogP contribution in [0.25, 0.3) is 0 Å². The van der Waals surface area contributed by atoms with Crippen molar-refractivity contribution in [3.63, 3.8) is 0 Å². The van der Waals surface area contributed by atoms with Gasteiger partial charge in [-0.3, -0.25) is 0 Å². The average Bonchev–Trinajstić information content (AvgIpc) is 2.34. The second kappa shape index (κ2) is 6.38. The van der Waals surface area contributed by atoms with E-state index in [1.54, 1.807) is 14.2 Å². The maximum Gasteiger partial charge on any atom is 0.165 e. The van der Waals surface area contributed by atoms with Crippen molar-refractivity contribution >= 4 is 0 Å². The number of nitrogens with one attached hydrogen (secondary N) is 1. The molecule has 0 aliphatic rings. The molecule has 0 bridgehead atoms. The number of hydrogen-bond acceptors (Lipinski definition) is 3. The Labute approximate surface area is 97.8 Å². The molecule has 1 N–H and O–H groups in total. The highest BCUT2D eigenvalue weighted by Gasteiger charge is 2.09. The van der Waals surface area contributed by atoms with E-state index in [4.69, 9.17) is 9.47 Å². The first kappa shape index (κ1) is 12.8. The molecule has 0 saturated heterocycles. The molecule has 0 fully saturated rings. The van der Waals surface area contributed by atoms with Gasteiger partial charge in [-0.1, -0.05) is 19.1 Å². The Balaban J connectivity index is 2.78. The molecule has 0 heterocycles. The lowest BCUT2D eigenvalue weighted by Crippen LogP contribution is -2.24. The predicted octanol–water partition coefficient (Wildman–Crippen LogP) is 2.59. The van der Waals surface area contributed by atoms with E-state index >= 15 is 0 Å². The molecule has 3 nitrogen and oxygen atoms in total. The number of hydrogen-bond donors (Lipinski definition) is 1. The molecule has 0 aliphatic heterocycles. The Morgan fingerprint density at radius 3 is 2.56 bits per heavy atom. The van der Waals surface area contributed by atoms with Crippen LogP contribution in [-0.4, -0.2) is 20.3 Å². The van der Waals surface area contributed by atoms with Gasteiger partial charge in [0.1, 0.15) is 0 Å². The van der Waals surface area contributed by atoms with Crippen molar-refractivity contribution in [2.24, 2.45) is 0 Å². The van der Waals surface area contributed by atoms with Gasteiger partial charge in [-0.2, -0.15) is 0 Å². The summed E-state index contributed by atoms with van der Waals surface area (Å²) in [6.07, 6.45) is 1.12. The third kappa shape index (κ3) is 3.14. The number of para-hydroxylation sites is 1. The molecule has 0 radical (unpaired) electrons. The van der Waals surface area contributed by atoms with Crippen molar-refractivity contribution < 1.29 is 9.47 Å². The van der Waals surface area contributed by atoms with E-state index in [1.807, 2.05) is 12.1 Å². The second-order valence-electron chi connectivity index (χ2n) is 3.84. The fourth-order valence-electron chi connectivity index (χ4n) is 1.52. The molecular weight excluding hydrogens is 202 g/mol. The van der Waals surface area contributed by atoms with Gasteiger partial charge in [-0.05, 0) is 19.4 Å². The van der Waals surface area contributed by atoms with E-state index in [0.717, 1.165) is 30.0 Å². The molecule has 1 rings (SSSR count). The van der Waals surface area contributed by atoms with Gasteiger partial charge in [-0.25, -0.2) is 0 Å². The smallest absolute Gasteiger partial charge is 0.165 e. The van der Waals surface area contributed by atoms with Crippen LogP contribution in [0.15, 0.2) is 18.2 Å². The molecule has 3 heteroatoms. The maximum atomic E-state index is 5.37. The van der Waals surface area contributed by atoms with Crippen LogP contribution in [-0.2, 0) is 6.54 Å². The highest BCUT2D eigenvalue weighted by atomic mass is 16.5. The zero-order chi connectivity index (χ0) is 12.0. The van der Waals surface area contributed by atoms with Crippen molar-refractivity contribution in [3.05, 3.63) is 23.8 Å². The standard InChI is InChI=1S/C13H21NO2/c1-5-10(2)14-9-11-7-6-8-12(15-3)13(11)16-4/h6-8,10,14H,5,9H2,1-4H3. The first-order chi connectivity index (χ1) is 7.72. The van der Waals surface area contributed by atoms with E-state index < -0.39 is 0 Å². The lowest BCUT2D eigenvalue weighted by Gasteiger charge is -2.15. The lowest BCUT2D eigenvalue weighted by atomic mass is 10.1. The molecule has 0 saturated carbocycles. The number of benzene rings is 1. The molecular formula is C13H21NO2. The summed E-state index contributed by atoms with van der Waals surface area (Å²) in [5.74, 6) is 1.60. The minimum absolute atomic E-state index is 0.510. The van der Waals surface area contributed by atoms with Gasteiger partial charge in [0.2, 0.25) is 0 Å². The Morgan fingerprint density at radius 2 is 2.00 bits per heavy atom. The quantitative estimate of drug-likeness (QED) is 0.804. The highest BCUT2D eigenvalue weighted by molar-refractivity contribution is 5.46. The molecule has 16 heavy (non-hydrogen) atoms. The summed E-state index contributed by atoms with van der Waals surface area (Å²) in [5, 5.41) is 3.44. The van der Waals surface area contributed by atoms with Gasteiger partial charge in [0.05, 0.1) is 14.2 Å². The van der Waals surface area contributed by atoms with Gasteiger partial charge in [0.15, 0.2) is 11.5 Å². The van der Waals surface area contributed by atoms with E-state index in [0.29, 0.717) is 6.04 Å². The summed E-state index contributed by atoms with van der Waals surface area (Å²) < 4.78 is 10.6. The minimum atomic E-state index is 0.510. The van der Waals surface area contributed by atoms with Crippen molar-refractivity contribution in [3.8, 4) is 11.5 Å². The van der Waals surface area contributed by atoms with Crippen LogP contribution in [0, 0.1) is 0 Å². The first-order valence-corrected chi connectivity index (χ1v) is 5.66. The summed E-state index contributed by atoms with van der Waals surface area (Å²) in [5.41, 5.74) is 1.13. The fourth-order valence-corrected chi connectivity index (χ4v) is 1.52. The van der Waals surface area contributed by atoms with E-state index in [-0.39, 0.29) is 0 Å². The lowest BCUT2D eigenvalue weighted by molar-refractivity contribution is 0.350. The number of rotatable bonds is 6. The molecule has 0 amide bonds. The molecule has 1 aromatic carbocycles. The molecule has 1 atom stereocenters. The van der Waals surface area contributed by atoms with Crippen molar-refractivity contribution in [2.75, 3.05) is 14.2 Å². The average molecular weight is 223 g/mol. The van der Waals surface area contributed by atoms with Crippen molar-refractivity contribution in [1.29, 1.82) is 0 Å². The Hall–Kier alpha value is -1.22. The molecule has 0 aromatic heterocycles.